The first-order valence-corrected chi connectivity index (χ1v) is 5.79. The smallest absolute Gasteiger partial charge is 0.347 e. The number of Topliss-reactive ketones (excluding diaryl/α,β-unsaturated/α-hetero) is 1. The summed E-state index contributed by atoms with van der Waals surface area (Å²) in [7, 11) is 1.75. The number of aromatic nitrogens is 1. The number of hydrogen-bond acceptors (Lipinski definition) is 1. The lowest BCUT2D eigenvalue weighted by Crippen LogP contribution is -2.21. The summed E-state index contributed by atoms with van der Waals surface area (Å²) in [5.74, 6) is -1.20. The molecule has 5 heteroatoms. The maximum atomic E-state index is 13.1. The van der Waals surface area contributed by atoms with Crippen LogP contribution in [-0.2, 0) is 7.05 Å². The van der Waals surface area contributed by atoms with Gasteiger partial charge in [0.2, 0.25) is 5.78 Å². The quantitative estimate of drug-likeness (QED) is 0.613. The molecular weight excluding hydrogens is 292 g/mol. The predicted octanol–water partition coefficient (Wildman–Crippen LogP) is 3.66. The molecule has 0 spiro atoms. The lowest BCUT2D eigenvalue weighted by Gasteiger charge is -2.07. The van der Waals surface area contributed by atoms with Gasteiger partial charge >= 0.3 is 4.83 Å². The number of halogens is 3. The molecule has 0 N–H and O–H groups in total. The minimum atomic E-state index is -3.53. The molecule has 17 heavy (non-hydrogen) atoms. The van der Waals surface area contributed by atoms with E-state index in [-0.39, 0.29) is 5.56 Å². The van der Waals surface area contributed by atoms with Gasteiger partial charge in [-0.15, -0.1) is 0 Å². The molecule has 0 bridgehead atoms. The fraction of sp³-hybridized carbons (Fsp3) is 0.250. The normalized spacial score (nSPS) is 12.1. The first-order valence-electron chi connectivity index (χ1n) is 4.99. The van der Waals surface area contributed by atoms with E-state index < -0.39 is 10.6 Å². The van der Waals surface area contributed by atoms with Crippen LogP contribution >= 0.6 is 15.9 Å². The van der Waals surface area contributed by atoms with Gasteiger partial charge in [-0.25, -0.2) is 0 Å². The van der Waals surface area contributed by atoms with Crippen LogP contribution in [0.25, 0.3) is 10.9 Å². The van der Waals surface area contributed by atoms with Crippen molar-refractivity contribution in [1.29, 1.82) is 0 Å². The summed E-state index contributed by atoms with van der Waals surface area (Å²) in [6.45, 7) is 1.66. The zero-order valence-corrected chi connectivity index (χ0v) is 10.9. The van der Waals surface area contributed by atoms with Crippen molar-refractivity contribution in [3.8, 4) is 0 Å². The predicted molar refractivity (Wildman–Crippen MR) is 65.9 cm³/mol. The molecule has 0 atom stereocenters. The largest absolute Gasteiger partial charge is 0.363 e. The number of nitrogens with zero attached hydrogens (tertiary/aromatic N) is 1. The molecule has 90 valence electrons. The third kappa shape index (κ3) is 1.88. The van der Waals surface area contributed by atoms with E-state index in [4.69, 9.17) is 0 Å². The topological polar surface area (TPSA) is 22.0 Å². The van der Waals surface area contributed by atoms with Crippen molar-refractivity contribution in [2.24, 2.45) is 7.05 Å². The Balaban J connectivity index is 2.78. The highest BCUT2D eigenvalue weighted by atomic mass is 79.9. The number of hydrogen-bond donors (Lipinski definition) is 0. The zero-order valence-electron chi connectivity index (χ0n) is 9.30. The van der Waals surface area contributed by atoms with Crippen LogP contribution in [-0.4, -0.2) is 15.2 Å². The van der Waals surface area contributed by atoms with Gasteiger partial charge < -0.3 is 4.57 Å². The molecule has 0 saturated heterocycles. The van der Waals surface area contributed by atoms with Gasteiger partial charge in [-0.05, 0) is 28.9 Å². The van der Waals surface area contributed by atoms with Crippen LogP contribution in [0, 0.1) is 6.92 Å². The fourth-order valence-corrected chi connectivity index (χ4v) is 2.15. The molecule has 0 radical (unpaired) electrons. The molecule has 0 amide bonds. The van der Waals surface area contributed by atoms with Crippen LogP contribution in [0.15, 0.2) is 24.3 Å². The van der Waals surface area contributed by atoms with Crippen molar-refractivity contribution >= 4 is 32.6 Å². The average molecular weight is 302 g/mol. The lowest BCUT2D eigenvalue weighted by atomic mass is 10.1. The number of para-hydroxylation sites is 1. The molecule has 0 unspecified atom stereocenters. The monoisotopic (exact) mass is 301 g/mol. The van der Waals surface area contributed by atoms with Gasteiger partial charge in [-0.1, -0.05) is 18.2 Å². The van der Waals surface area contributed by atoms with E-state index in [1.165, 1.54) is 0 Å². The molecule has 2 aromatic rings. The average Bonchev–Trinajstić information content (AvgIpc) is 2.51. The number of carbonyl (C=O) groups is 1. The van der Waals surface area contributed by atoms with Gasteiger partial charge in [0, 0.05) is 23.6 Å². The van der Waals surface area contributed by atoms with Crippen LogP contribution in [0.2, 0.25) is 0 Å². The second-order valence-electron chi connectivity index (χ2n) is 3.86. The van der Waals surface area contributed by atoms with Crippen molar-refractivity contribution < 1.29 is 13.6 Å². The van der Waals surface area contributed by atoms with Gasteiger partial charge in [0.05, 0.1) is 5.56 Å². The van der Waals surface area contributed by atoms with E-state index in [1.54, 1.807) is 36.7 Å². The molecule has 0 fully saturated rings. The molecule has 1 heterocycles. The molecule has 0 aliphatic rings. The molecule has 1 aromatic carbocycles. The van der Waals surface area contributed by atoms with Gasteiger partial charge in [0.1, 0.15) is 0 Å². The Morgan fingerprint density at radius 3 is 2.53 bits per heavy atom. The maximum Gasteiger partial charge on any atom is 0.363 e. The minimum Gasteiger partial charge on any atom is -0.347 e. The van der Waals surface area contributed by atoms with E-state index in [9.17, 15) is 13.6 Å². The third-order valence-electron chi connectivity index (χ3n) is 2.88. The van der Waals surface area contributed by atoms with Gasteiger partial charge in [0.25, 0.3) is 0 Å². The number of benzene rings is 1. The van der Waals surface area contributed by atoms with E-state index in [1.807, 2.05) is 6.07 Å². The highest BCUT2D eigenvalue weighted by Gasteiger charge is 2.38. The van der Waals surface area contributed by atoms with Gasteiger partial charge in [-0.2, -0.15) is 8.78 Å². The maximum absolute atomic E-state index is 13.1. The summed E-state index contributed by atoms with van der Waals surface area (Å²) in [5, 5.41) is 0.552. The number of rotatable bonds is 2. The second-order valence-corrected chi connectivity index (χ2v) is 4.86. The fourth-order valence-electron chi connectivity index (χ4n) is 1.95. The first kappa shape index (κ1) is 12.2. The Bertz CT molecular complexity index is 598. The molecule has 0 saturated carbocycles. The number of aryl methyl sites for hydroxylation is 1. The second kappa shape index (κ2) is 3.91. The van der Waals surface area contributed by atoms with Crippen LogP contribution in [0.3, 0.4) is 0 Å². The zero-order chi connectivity index (χ0) is 12.8. The summed E-state index contributed by atoms with van der Waals surface area (Å²) in [6.07, 6.45) is 0. The summed E-state index contributed by atoms with van der Waals surface area (Å²) >= 11 is 2.12. The van der Waals surface area contributed by atoms with E-state index in [0.717, 1.165) is 5.52 Å². The number of carbonyl (C=O) groups excluding carboxylic acids is 1. The minimum absolute atomic E-state index is 0.0741. The first-order chi connectivity index (χ1) is 7.84. The van der Waals surface area contributed by atoms with Crippen molar-refractivity contribution in [2.75, 3.05) is 0 Å². The van der Waals surface area contributed by atoms with Crippen LogP contribution in [0.5, 0.6) is 0 Å². The van der Waals surface area contributed by atoms with Gasteiger partial charge in [0.15, 0.2) is 0 Å². The Morgan fingerprint density at radius 1 is 1.35 bits per heavy atom. The van der Waals surface area contributed by atoms with Crippen molar-refractivity contribution in [3.05, 3.63) is 35.5 Å². The summed E-state index contributed by atoms with van der Waals surface area (Å²) in [4.78, 5) is 8.18. The van der Waals surface area contributed by atoms with E-state index >= 15 is 0 Å². The lowest BCUT2D eigenvalue weighted by molar-refractivity contribution is 0.0593. The van der Waals surface area contributed by atoms with Crippen LogP contribution in [0.4, 0.5) is 8.78 Å². The Labute approximate surface area is 105 Å². The number of ketones is 1. The highest BCUT2D eigenvalue weighted by Crippen LogP contribution is 2.33. The van der Waals surface area contributed by atoms with Crippen molar-refractivity contribution in [1.82, 2.24) is 4.57 Å². The molecule has 0 aliphatic heterocycles. The Morgan fingerprint density at radius 2 is 1.94 bits per heavy atom. The number of fused-ring (bicyclic) bond motifs is 1. The third-order valence-corrected chi connectivity index (χ3v) is 3.24. The molecular formula is C12H10BrF2NO. The Hall–Kier alpha value is -1.23. The summed E-state index contributed by atoms with van der Waals surface area (Å²) < 4.78 is 27.9. The molecule has 1 aromatic heterocycles. The van der Waals surface area contributed by atoms with Crippen molar-refractivity contribution in [2.45, 2.75) is 11.8 Å². The Kier molecular flexibility index (Phi) is 2.81. The molecule has 2 nitrogen and oxygen atoms in total. The SMILES string of the molecule is Cc1c(C(=O)C(F)(F)Br)c2ccccc2n1C. The van der Waals surface area contributed by atoms with E-state index in [0.29, 0.717) is 11.1 Å². The molecule has 0 aliphatic carbocycles. The standard InChI is InChI=1S/C12H10BrF2NO/c1-7-10(11(17)12(13,14)15)8-5-3-4-6-9(8)16(7)2/h3-6H,1-2H3. The number of alkyl halides is 3. The van der Waals surface area contributed by atoms with E-state index in [2.05, 4.69) is 15.9 Å². The van der Waals surface area contributed by atoms with Crippen LogP contribution < -0.4 is 0 Å². The van der Waals surface area contributed by atoms with Gasteiger partial charge in [-0.3, -0.25) is 4.79 Å². The van der Waals surface area contributed by atoms with Crippen molar-refractivity contribution in [3.63, 3.8) is 0 Å². The molecule has 2 rings (SSSR count). The summed E-state index contributed by atoms with van der Waals surface area (Å²) in [6, 6.07) is 7.01. The summed E-state index contributed by atoms with van der Waals surface area (Å²) in [5.41, 5.74) is 1.38. The highest BCUT2D eigenvalue weighted by molar-refractivity contribution is 9.10. The van der Waals surface area contributed by atoms with Crippen LogP contribution in [0.1, 0.15) is 16.1 Å².